The molecule has 1 N–H and O–H groups in total. The van der Waals surface area contributed by atoms with Crippen LogP contribution in [0.4, 0.5) is 5.69 Å². The van der Waals surface area contributed by atoms with Crippen molar-refractivity contribution in [1.82, 2.24) is 0 Å². The van der Waals surface area contributed by atoms with Gasteiger partial charge in [0.15, 0.2) is 0 Å². The van der Waals surface area contributed by atoms with E-state index in [9.17, 15) is 4.79 Å². The molecule has 1 amide bonds. The van der Waals surface area contributed by atoms with E-state index in [1.54, 1.807) is 11.8 Å². The minimum Gasteiger partial charge on any atom is -0.323 e. The van der Waals surface area contributed by atoms with E-state index in [1.165, 1.54) is 16.5 Å². The first kappa shape index (κ1) is 15.4. The van der Waals surface area contributed by atoms with Crippen molar-refractivity contribution in [1.29, 1.82) is 0 Å². The average Bonchev–Trinajstić information content (AvgIpc) is 2.49. The molecule has 0 spiro atoms. The molecule has 2 rings (SSSR count). The lowest BCUT2D eigenvalue weighted by molar-refractivity contribution is -0.111. The predicted molar refractivity (Wildman–Crippen MR) is 89.9 cm³/mol. The number of amides is 1. The Labute approximate surface area is 130 Å². The number of benzene rings is 2. The van der Waals surface area contributed by atoms with Gasteiger partial charge in [-0.3, -0.25) is 4.79 Å². The lowest BCUT2D eigenvalue weighted by Crippen LogP contribution is -2.06. The van der Waals surface area contributed by atoms with Crippen LogP contribution in [0.3, 0.4) is 0 Å². The van der Waals surface area contributed by atoms with Crippen LogP contribution < -0.4 is 5.32 Å². The molecule has 0 aromatic heterocycles. The van der Waals surface area contributed by atoms with Crippen LogP contribution in [0.2, 0.25) is 0 Å². The number of carbonyl (C=O) groups is 1. The predicted octanol–water partition coefficient (Wildman–Crippen LogP) is 5.09. The molecule has 0 atom stereocenters. The van der Waals surface area contributed by atoms with Crippen LogP contribution >= 0.6 is 11.8 Å². The van der Waals surface area contributed by atoms with Gasteiger partial charge in [-0.1, -0.05) is 44.3 Å². The summed E-state index contributed by atoms with van der Waals surface area (Å²) in [6.07, 6.45) is 1.26. The highest BCUT2D eigenvalue weighted by molar-refractivity contribution is 7.99. The van der Waals surface area contributed by atoms with Crippen LogP contribution in [-0.2, 0) is 4.79 Å². The average molecular weight is 297 g/mol. The molecule has 0 aliphatic heterocycles. The zero-order valence-electron chi connectivity index (χ0n) is 12.3. The van der Waals surface area contributed by atoms with Gasteiger partial charge in [0, 0.05) is 15.5 Å². The Balaban J connectivity index is 2.02. The number of rotatable bonds is 5. The molecule has 3 heteroatoms. The van der Waals surface area contributed by atoms with Crippen LogP contribution in [0.5, 0.6) is 0 Å². The van der Waals surface area contributed by atoms with Crippen LogP contribution in [0.15, 0.2) is 71.0 Å². The minimum atomic E-state index is -0.195. The van der Waals surface area contributed by atoms with Crippen LogP contribution in [-0.4, -0.2) is 5.91 Å². The monoisotopic (exact) mass is 297 g/mol. The smallest absolute Gasteiger partial charge is 0.247 e. The second-order valence-corrected chi connectivity index (χ2v) is 6.19. The van der Waals surface area contributed by atoms with E-state index < -0.39 is 0 Å². The summed E-state index contributed by atoms with van der Waals surface area (Å²) in [5, 5.41) is 2.74. The van der Waals surface area contributed by atoms with Crippen molar-refractivity contribution in [2.24, 2.45) is 0 Å². The van der Waals surface area contributed by atoms with Gasteiger partial charge < -0.3 is 5.32 Å². The minimum absolute atomic E-state index is 0.195. The number of anilines is 1. The molecular formula is C18H19NOS. The van der Waals surface area contributed by atoms with Gasteiger partial charge in [-0.15, -0.1) is 0 Å². The summed E-state index contributed by atoms with van der Waals surface area (Å²) in [5.41, 5.74) is 2.13. The van der Waals surface area contributed by atoms with Crippen molar-refractivity contribution >= 4 is 23.4 Å². The molecule has 2 nitrogen and oxygen atoms in total. The van der Waals surface area contributed by atoms with E-state index in [2.05, 4.69) is 50.0 Å². The third-order valence-corrected chi connectivity index (χ3v) is 4.11. The van der Waals surface area contributed by atoms with E-state index in [0.29, 0.717) is 5.92 Å². The zero-order chi connectivity index (χ0) is 15.2. The summed E-state index contributed by atoms with van der Waals surface area (Å²) < 4.78 is 0. The molecule has 2 aromatic carbocycles. The molecule has 0 radical (unpaired) electrons. The maximum Gasteiger partial charge on any atom is 0.247 e. The first-order valence-corrected chi connectivity index (χ1v) is 7.71. The van der Waals surface area contributed by atoms with Crippen molar-refractivity contribution in [3.63, 3.8) is 0 Å². The molecular weight excluding hydrogens is 278 g/mol. The van der Waals surface area contributed by atoms with Crippen molar-refractivity contribution in [2.75, 3.05) is 5.32 Å². The first-order chi connectivity index (χ1) is 10.1. The zero-order valence-corrected chi connectivity index (χ0v) is 13.1. The van der Waals surface area contributed by atoms with E-state index in [1.807, 2.05) is 24.3 Å². The van der Waals surface area contributed by atoms with Crippen LogP contribution in [0.1, 0.15) is 25.3 Å². The molecule has 0 aliphatic rings. The SMILES string of the molecule is C=CC(=O)Nc1ccc(Sc2ccc(C(C)C)cc2)cc1. The Morgan fingerprint density at radius 1 is 1.05 bits per heavy atom. The summed E-state index contributed by atoms with van der Waals surface area (Å²) in [6.45, 7) is 7.82. The topological polar surface area (TPSA) is 29.1 Å². The Bertz CT molecular complexity index is 615. The lowest BCUT2D eigenvalue weighted by Gasteiger charge is -2.07. The van der Waals surface area contributed by atoms with E-state index in [0.717, 1.165) is 10.6 Å². The van der Waals surface area contributed by atoms with E-state index in [-0.39, 0.29) is 5.91 Å². The highest BCUT2D eigenvalue weighted by atomic mass is 32.2. The summed E-state index contributed by atoms with van der Waals surface area (Å²) >= 11 is 1.71. The van der Waals surface area contributed by atoms with Crippen LogP contribution in [0, 0.1) is 0 Å². The van der Waals surface area contributed by atoms with Gasteiger partial charge >= 0.3 is 0 Å². The molecule has 0 heterocycles. The molecule has 0 saturated carbocycles. The highest BCUT2D eigenvalue weighted by Gasteiger charge is 2.02. The summed E-state index contributed by atoms with van der Waals surface area (Å²) in [7, 11) is 0. The van der Waals surface area contributed by atoms with E-state index in [4.69, 9.17) is 0 Å². The molecule has 0 saturated heterocycles. The number of hydrogen-bond acceptors (Lipinski definition) is 2. The van der Waals surface area contributed by atoms with Gasteiger partial charge in [-0.25, -0.2) is 0 Å². The molecule has 0 aliphatic carbocycles. The maximum absolute atomic E-state index is 11.2. The summed E-state index contributed by atoms with van der Waals surface area (Å²) in [6, 6.07) is 16.4. The molecule has 0 unspecified atom stereocenters. The van der Waals surface area contributed by atoms with E-state index >= 15 is 0 Å². The molecule has 2 aromatic rings. The third kappa shape index (κ3) is 4.50. The third-order valence-electron chi connectivity index (χ3n) is 3.09. The van der Waals surface area contributed by atoms with Crippen molar-refractivity contribution < 1.29 is 4.79 Å². The fraction of sp³-hybridized carbons (Fsp3) is 0.167. The van der Waals surface area contributed by atoms with Gasteiger partial charge in [0.1, 0.15) is 0 Å². The maximum atomic E-state index is 11.2. The number of nitrogens with one attached hydrogen (secondary N) is 1. The normalized spacial score (nSPS) is 10.4. The quantitative estimate of drug-likeness (QED) is 0.779. The second-order valence-electron chi connectivity index (χ2n) is 5.04. The molecule has 21 heavy (non-hydrogen) atoms. The first-order valence-electron chi connectivity index (χ1n) is 6.90. The molecule has 0 fully saturated rings. The number of carbonyl (C=O) groups excluding carboxylic acids is 1. The standard InChI is InChI=1S/C18H19NOS/c1-4-18(20)19-15-7-11-17(12-8-15)21-16-9-5-14(6-10-16)13(2)3/h4-13H,1H2,2-3H3,(H,19,20). The summed E-state index contributed by atoms with van der Waals surface area (Å²) in [5.74, 6) is 0.358. The van der Waals surface area contributed by atoms with Gasteiger partial charge in [0.25, 0.3) is 0 Å². The van der Waals surface area contributed by atoms with Crippen molar-refractivity contribution in [3.05, 3.63) is 66.7 Å². The van der Waals surface area contributed by atoms with Gasteiger partial charge in [-0.2, -0.15) is 0 Å². The largest absolute Gasteiger partial charge is 0.323 e. The Morgan fingerprint density at radius 2 is 1.57 bits per heavy atom. The molecule has 108 valence electrons. The molecule has 0 bridgehead atoms. The Morgan fingerprint density at radius 3 is 2.05 bits per heavy atom. The van der Waals surface area contributed by atoms with Gasteiger partial charge in [0.2, 0.25) is 5.91 Å². The fourth-order valence-electron chi connectivity index (χ4n) is 1.86. The van der Waals surface area contributed by atoms with Crippen molar-refractivity contribution in [2.45, 2.75) is 29.6 Å². The summed E-state index contributed by atoms with van der Waals surface area (Å²) in [4.78, 5) is 13.6. The lowest BCUT2D eigenvalue weighted by atomic mass is 10.0. The Hall–Kier alpha value is -2.00. The fourth-order valence-corrected chi connectivity index (χ4v) is 2.67. The van der Waals surface area contributed by atoms with Crippen molar-refractivity contribution in [3.8, 4) is 0 Å². The van der Waals surface area contributed by atoms with Gasteiger partial charge in [-0.05, 0) is 54.0 Å². The number of hydrogen-bond donors (Lipinski definition) is 1. The van der Waals surface area contributed by atoms with Gasteiger partial charge in [0.05, 0.1) is 0 Å². The second kappa shape index (κ2) is 7.14. The van der Waals surface area contributed by atoms with Crippen LogP contribution in [0.25, 0.3) is 0 Å². The highest BCUT2D eigenvalue weighted by Crippen LogP contribution is 2.29. The Kier molecular flexibility index (Phi) is 5.23.